The number of aryl methyl sites for hydroxylation is 1. The molecule has 12 heavy (non-hydrogen) atoms. The molecule has 0 fully saturated rings. The van der Waals surface area contributed by atoms with Gasteiger partial charge in [-0.25, -0.2) is 0 Å². The molecule has 0 aliphatic heterocycles. The highest BCUT2D eigenvalue weighted by molar-refractivity contribution is 6.34. The second kappa shape index (κ2) is 3.22. The maximum absolute atomic E-state index is 9.51. The van der Waals surface area contributed by atoms with Gasteiger partial charge in [-0.15, -0.1) is 0 Å². The Morgan fingerprint density at radius 3 is 2.33 bits per heavy atom. The smallest absolute Gasteiger partial charge is 0.144 e. The van der Waals surface area contributed by atoms with Gasteiger partial charge in [0, 0.05) is 0 Å². The van der Waals surface area contributed by atoms with Crippen LogP contribution < -0.4 is 5.46 Å². The highest BCUT2D eigenvalue weighted by Gasteiger charge is 2.05. The maximum atomic E-state index is 9.51. The number of benzene rings is 1. The molecule has 1 nitrogen and oxygen atoms in total. The van der Waals surface area contributed by atoms with Crippen molar-refractivity contribution >= 4 is 13.3 Å². The minimum absolute atomic E-state index is 0.430. The number of rotatable bonds is 1. The molecule has 64 valence electrons. The standard InChI is InChI=1S/C10H15BO/c1-6(2)8-4-7(3)10(12)9(11)5-8/h4-6,12H,11H2,1-3H3. The van der Waals surface area contributed by atoms with Gasteiger partial charge in [0.2, 0.25) is 0 Å². The van der Waals surface area contributed by atoms with E-state index in [1.165, 1.54) is 5.56 Å². The number of phenols is 1. The monoisotopic (exact) mass is 162 g/mol. The molecular weight excluding hydrogens is 147 g/mol. The first-order valence-corrected chi connectivity index (χ1v) is 4.32. The second-order valence-corrected chi connectivity index (χ2v) is 3.66. The van der Waals surface area contributed by atoms with Crippen LogP contribution >= 0.6 is 0 Å². The van der Waals surface area contributed by atoms with Gasteiger partial charge in [-0.05, 0) is 29.4 Å². The number of aromatic hydroxyl groups is 1. The molecule has 0 unspecified atom stereocenters. The van der Waals surface area contributed by atoms with Gasteiger partial charge in [-0.3, -0.25) is 0 Å². The van der Waals surface area contributed by atoms with Crippen molar-refractivity contribution in [2.45, 2.75) is 26.7 Å². The van der Waals surface area contributed by atoms with E-state index in [-0.39, 0.29) is 0 Å². The Kier molecular flexibility index (Phi) is 2.46. The molecule has 1 aromatic carbocycles. The van der Waals surface area contributed by atoms with Crippen molar-refractivity contribution in [2.75, 3.05) is 0 Å². The van der Waals surface area contributed by atoms with E-state index in [9.17, 15) is 5.11 Å². The SMILES string of the molecule is Bc1cc(C(C)C)cc(C)c1O. The van der Waals surface area contributed by atoms with Crippen LogP contribution in [0.2, 0.25) is 0 Å². The Morgan fingerprint density at radius 2 is 1.92 bits per heavy atom. The average Bonchev–Trinajstić information content (AvgIpc) is 1.99. The minimum atomic E-state index is 0.430. The number of hydrogen-bond donors (Lipinski definition) is 1. The van der Waals surface area contributed by atoms with Crippen molar-refractivity contribution in [1.82, 2.24) is 0 Å². The van der Waals surface area contributed by atoms with Gasteiger partial charge in [-0.1, -0.05) is 26.0 Å². The van der Waals surface area contributed by atoms with E-state index >= 15 is 0 Å². The molecule has 0 aliphatic rings. The van der Waals surface area contributed by atoms with Crippen molar-refractivity contribution in [3.05, 3.63) is 23.3 Å². The van der Waals surface area contributed by atoms with Crippen LogP contribution in [0.5, 0.6) is 5.75 Å². The largest absolute Gasteiger partial charge is 0.508 e. The first-order valence-electron chi connectivity index (χ1n) is 4.32. The summed E-state index contributed by atoms with van der Waals surface area (Å²) in [6, 6.07) is 4.10. The Balaban J connectivity index is 3.21. The van der Waals surface area contributed by atoms with Crippen LogP contribution in [0.4, 0.5) is 0 Å². The van der Waals surface area contributed by atoms with E-state index in [0.29, 0.717) is 11.7 Å². The topological polar surface area (TPSA) is 20.2 Å². The Bertz CT molecular complexity index is 269. The van der Waals surface area contributed by atoms with Gasteiger partial charge in [0.15, 0.2) is 0 Å². The second-order valence-electron chi connectivity index (χ2n) is 3.66. The summed E-state index contributed by atoms with van der Waals surface area (Å²) in [6.07, 6.45) is 0. The molecule has 0 aliphatic carbocycles. The van der Waals surface area contributed by atoms with Gasteiger partial charge in [-0.2, -0.15) is 0 Å². The lowest BCUT2D eigenvalue weighted by Gasteiger charge is -2.10. The van der Waals surface area contributed by atoms with Gasteiger partial charge in [0.25, 0.3) is 0 Å². The molecule has 0 spiro atoms. The number of phenolic OH excluding ortho intramolecular Hbond substituents is 1. The summed E-state index contributed by atoms with van der Waals surface area (Å²) in [4.78, 5) is 0. The van der Waals surface area contributed by atoms with E-state index in [1.807, 2.05) is 26.9 Å². The molecule has 0 aromatic heterocycles. The Morgan fingerprint density at radius 1 is 1.33 bits per heavy atom. The molecule has 0 bridgehead atoms. The Hall–Kier alpha value is -0.915. The van der Waals surface area contributed by atoms with Crippen LogP contribution in [0.3, 0.4) is 0 Å². The van der Waals surface area contributed by atoms with Crippen molar-refractivity contribution < 1.29 is 5.11 Å². The average molecular weight is 162 g/mol. The molecule has 1 aromatic rings. The molecular formula is C10H15BO. The number of hydrogen-bond acceptors (Lipinski definition) is 1. The molecule has 0 saturated carbocycles. The summed E-state index contributed by atoms with van der Waals surface area (Å²) >= 11 is 0. The first-order chi connectivity index (χ1) is 5.52. The van der Waals surface area contributed by atoms with E-state index in [2.05, 4.69) is 13.8 Å². The summed E-state index contributed by atoms with van der Waals surface area (Å²) in [5.41, 5.74) is 3.24. The van der Waals surface area contributed by atoms with Gasteiger partial charge in [0.1, 0.15) is 13.6 Å². The quantitative estimate of drug-likeness (QED) is 0.612. The molecule has 1 rings (SSSR count). The van der Waals surface area contributed by atoms with E-state index in [0.717, 1.165) is 11.0 Å². The lowest BCUT2D eigenvalue weighted by Crippen LogP contribution is -2.06. The zero-order chi connectivity index (χ0) is 9.30. The predicted octanol–water partition coefficient (Wildman–Crippen LogP) is 1.08. The maximum Gasteiger partial charge on any atom is 0.144 e. The van der Waals surface area contributed by atoms with E-state index in [1.54, 1.807) is 0 Å². The van der Waals surface area contributed by atoms with Crippen LogP contribution in [0.25, 0.3) is 0 Å². The van der Waals surface area contributed by atoms with Gasteiger partial charge < -0.3 is 5.11 Å². The third-order valence-corrected chi connectivity index (χ3v) is 2.18. The van der Waals surface area contributed by atoms with Crippen LogP contribution in [0.1, 0.15) is 30.9 Å². The summed E-state index contributed by atoms with van der Waals surface area (Å²) in [7, 11) is 1.94. The third-order valence-electron chi connectivity index (χ3n) is 2.18. The van der Waals surface area contributed by atoms with Gasteiger partial charge in [0.05, 0.1) is 0 Å². The van der Waals surface area contributed by atoms with Crippen molar-refractivity contribution in [3.8, 4) is 5.75 Å². The lowest BCUT2D eigenvalue weighted by molar-refractivity contribution is 0.475. The van der Waals surface area contributed by atoms with Crippen molar-refractivity contribution in [3.63, 3.8) is 0 Å². The molecule has 0 heterocycles. The summed E-state index contributed by atoms with van der Waals surface area (Å²) in [5.74, 6) is 0.961. The van der Waals surface area contributed by atoms with Gasteiger partial charge >= 0.3 is 0 Å². The molecule has 0 atom stereocenters. The van der Waals surface area contributed by atoms with Crippen LogP contribution in [0, 0.1) is 6.92 Å². The summed E-state index contributed by atoms with van der Waals surface area (Å²) in [6.45, 7) is 6.25. The molecule has 0 amide bonds. The predicted molar refractivity (Wildman–Crippen MR) is 55.1 cm³/mol. The van der Waals surface area contributed by atoms with Crippen LogP contribution in [0.15, 0.2) is 12.1 Å². The molecule has 1 N–H and O–H groups in total. The Labute approximate surface area is 74.8 Å². The minimum Gasteiger partial charge on any atom is -0.508 e. The third kappa shape index (κ3) is 1.63. The fraction of sp³-hybridized carbons (Fsp3) is 0.400. The van der Waals surface area contributed by atoms with E-state index < -0.39 is 0 Å². The molecule has 0 radical (unpaired) electrons. The summed E-state index contributed by atoms with van der Waals surface area (Å²) in [5, 5.41) is 9.51. The highest BCUT2D eigenvalue weighted by atomic mass is 16.3. The lowest BCUT2D eigenvalue weighted by atomic mass is 9.88. The van der Waals surface area contributed by atoms with Crippen molar-refractivity contribution in [2.24, 2.45) is 0 Å². The van der Waals surface area contributed by atoms with Crippen LogP contribution in [-0.4, -0.2) is 13.0 Å². The highest BCUT2D eigenvalue weighted by Crippen LogP contribution is 2.19. The van der Waals surface area contributed by atoms with Crippen molar-refractivity contribution in [1.29, 1.82) is 0 Å². The molecule has 2 heteroatoms. The molecule has 0 saturated heterocycles. The zero-order valence-electron chi connectivity index (χ0n) is 8.18. The fourth-order valence-electron chi connectivity index (χ4n) is 1.32. The zero-order valence-corrected chi connectivity index (χ0v) is 8.18. The fourth-order valence-corrected chi connectivity index (χ4v) is 1.32. The normalized spacial score (nSPS) is 10.7. The first kappa shape index (κ1) is 9.18. The summed E-state index contributed by atoms with van der Waals surface area (Å²) < 4.78 is 0. The van der Waals surface area contributed by atoms with E-state index in [4.69, 9.17) is 0 Å². The van der Waals surface area contributed by atoms with Crippen LogP contribution in [-0.2, 0) is 0 Å².